The minimum Gasteiger partial charge on any atom is -0.300 e. The van der Waals surface area contributed by atoms with Gasteiger partial charge in [-0.2, -0.15) is 0 Å². The fourth-order valence-corrected chi connectivity index (χ4v) is 3.32. The van der Waals surface area contributed by atoms with Gasteiger partial charge in [-0.1, -0.05) is 58.4 Å². The van der Waals surface area contributed by atoms with Crippen LogP contribution in [-0.2, 0) is 6.54 Å². The molecule has 1 fully saturated rings. The number of halogens is 2. The van der Waals surface area contributed by atoms with E-state index in [0.29, 0.717) is 6.42 Å². The summed E-state index contributed by atoms with van der Waals surface area (Å²) in [7, 11) is 0. The van der Waals surface area contributed by atoms with E-state index < -0.39 is 0 Å². The van der Waals surface area contributed by atoms with Crippen LogP contribution in [0.2, 0.25) is 0 Å². The van der Waals surface area contributed by atoms with Crippen molar-refractivity contribution in [1.29, 1.82) is 0 Å². The molecule has 0 N–H and O–H groups in total. The van der Waals surface area contributed by atoms with Crippen molar-refractivity contribution in [3.8, 4) is 0 Å². The Kier molecular flexibility index (Phi) is 8.10. The van der Waals surface area contributed by atoms with Gasteiger partial charge in [-0.05, 0) is 17.7 Å². The Balaban J connectivity index is 0.00000225. The highest BCUT2D eigenvalue weighted by atomic mass is 79.9. The Morgan fingerprint density at radius 2 is 1.48 bits per heavy atom. The second-order valence-electron chi connectivity index (χ2n) is 6.28. The topological polar surface area (TPSA) is 23.6 Å². The first-order chi connectivity index (χ1) is 11.7. The molecule has 1 aliphatic heterocycles. The van der Waals surface area contributed by atoms with Crippen LogP contribution in [0, 0.1) is 0 Å². The first-order valence-electron chi connectivity index (χ1n) is 8.48. The average Bonchev–Trinajstić information content (AvgIpc) is 2.62. The number of hydrogen-bond donors (Lipinski definition) is 0. The Morgan fingerprint density at radius 3 is 2.12 bits per heavy atom. The summed E-state index contributed by atoms with van der Waals surface area (Å²) in [4.78, 5) is 17.1. The Labute approximate surface area is 164 Å². The fraction of sp³-hybridized carbons (Fsp3) is 0.350. The molecule has 0 saturated carbocycles. The van der Waals surface area contributed by atoms with Gasteiger partial charge in [0.1, 0.15) is 0 Å². The Morgan fingerprint density at radius 1 is 0.880 bits per heavy atom. The molecule has 0 spiro atoms. The summed E-state index contributed by atoms with van der Waals surface area (Å²) in [6.07, 6.45) is 0.598. The first-order valence-corrected chi connectivity index (χ1v) is 9.27. The Bertz CT molecular complexity index is 655. The third-order valence-corrected chi connectivity index (χ3v) is 5.06. The minimum absolute atomic E-state index is 0. The molecule has 0 bridgehead atoms. The zero-order valence-corrected chi connectivity index (χ0v) is 16.6. The zero-order valence-electron chi connectivity index (χ0n) is 14.2. The van der Waals surface area contributed by atoms with E-state index in [-0.39, 0.29) is 18.2 Å². The van der Waals surface area contributed by atoms with Crippen LogP contribution in [0.25, 0.3) is 0 Å². The summed E-state index contributed by atoms with van der Waals surface area (Å²) in [6.45, 7) is 6.10. The molecule has 3 rings (SSSR count). The maximum Gasteiger partial charge on any atom is 0.164 e. The van der Waals surface area contributed by atoms with Crippen molar-refractivity contribution in [2.24, 2.45) is 0 Å². The number of ketones is 1. The van der Waals surface area contributed by atoms with E-state index in [4.69, 9.17) is 0 Å². The average molecular weight is 424 g/mol. The molecule has 0 aliphatic carbocycles. The number of carbonyl (C=O) groups excluding carboxylic acids is 1. The SMILES string of the molecule is Cl.O=C(CCN1CCN(Cc2ccccc2)CC1)c1ccc(Br)cc1. The molecule has 0 aromatic heterocycles. The van der Waals surface area contributed by atoms with Crippen molar-refractivity contribution in [3.63, 3.8) is 0 Å². The van der Waals surface area contributed by atoms with E-state index in [9.17, 15) is 4.79 Å². The largest absolute Gasteiger partial charge is 0.300 e. The van der Waals surface area contributed by atoms with Gasteiger partial charge in [-0.25, -0.2) is 0 Å². The number of piperazine rings is 1. The van der Waals surface area contributed by atoms with Gasteiger partial charge in [0, 0.05) is 55.7 Å². The molecule has 25 heavy (non-hydrogen) atoms. The highest BCUT2D eigenvalue weighted by Gasteiger charge is 2.17. The van der Waals surface area contributed by atoms with Crippen LogP contribution < -0.4 is 0 Å². The van der Waals surface area contributed by atoms with E-state index in [1.165, 1.54) is 5.56 Å². The number of carbonyl (C=O) groups is 1. The molecule has 0 radical (unpaired) electrons. The molecular weight excluding hydrogens is 400 g/mol. The van der Waals surface area contributed by atoms with E-state index in [0.717, 1.165) is 49.3 Å². The summed E-state index contributed by atoms with van der Waals surface area (Å²) >= 11 is 3.40. The van der Waals surface area contributed by atoms with Gasteiger partial charge in [-0.15, -0.1) is 12.4 Å². The van der Waals surface area contributed by atoms with Gasteiger partial charge in [0.25, 0.3) is 0 Å². The first kappa shape index (κ1) is 20.1. The van der Waals surface area contributed by atoms with Crippen molar-refractivity contribution >= 4 is 34.1 Å². The lowest BCUT2D eigenvalue weighted by Crippen LogP contribution is -2.46. The molecule has 134 valence electrons. The van der Waals surface area contributed by atoms with Gasteiger partial charge >= 0.3 is 0 Å². The van der Waals surface area contributed by atoms with Gasteiger partial charge < -0.3 is 4.90 Å². The van der Waals surface area contributed by atoms with Crippen molar-refractivity contribution in [2.75, 3.05) is 32.7 Å². The summed E-state index contributed by atoms with van der Waals surface area (Å²) < 4.78 is 1.01. The van der Waals surface area contributed by atoms with Crippen molar-refractivity contribution in [2.45, 2.75) is 13.0 Å². The van der Waals surface area contributed by atoms with Crippen LogP contribution in [0.1, 0.15) is 22.3 Å². The van der Waals surface area contributed by atoms with Gasteiger partial charge in [0.15, 0.2) is 5.78 Å². The summed E-state index contributed by atoms with van der Waals surface area (Å²) in [5, 5.41) is 0. The molecule has 0 amide bonds. The molecule has 0 unspecified atom stereocenters. The van der Waals surface area contributed by atoms with Crippen LogP contribution in [0.15, 0.2) is 59.1 Å². The number of hydrogen-bond acceptors (Lipinski definition) is 3. The lowest BCUT2D eigenvalue weighted by molar-refractivity contribution is 0.0922. The predicted molar refractivity (Wildman–Crippen MR) is 108 cm³/mol. The lowest BCUT2D eigenvalue weighted by Gasteiger charge is -2.34. The molecule has 3 nitrogen and oxygen atoms in total. The molecular formula is C20H24BrClN2O. The quantitative estimate of drug-likeness (QED) is 0.649. The second kappa shape index (κ2) is 10.1. The van der Waals surface area contributed by atoms with Crippen molar-refractivity contribution in [3.05, 3.63) is 70.2 Å². The van der Waals surface area contributed by atoms with Gasteiger partial charge in [0.2, 0.25) is 0 Å². The van der Waals surface area contributed by atoms with Crippen LogP contribution in [0.5, 0.6) is 0 Å². The molecule has 1 heterocycles. The highest BCUT2D eigenvalue weighted by molar-refractivity contribution is 9.10. The number of benzene rings is 2. The van der Waals surface area contributed by atoms with Crippen LogP contribution in [0.4, 0.5) is 0 Å². The molecule has 5 heteroatoms. The maximum atomic E-state index is 12.3. The number of rotatable bonds is 6. The predicted octanol–water partition coefficient (Wildman–Crippen LogP) is 4.26. The molecule has 0 atom stereocenters. The van der Waals surface area contributed by atoms with E-state index in [1.807, 2.05) is 24.3 Å². The zero-order chi connectivity index (χ0) is 16.8. The van der Waals surface area contributed by atoms with Gasteiger partial charge in [0.05, 0.1) is 0 Å². The fourth-order valence-electron chi connectivity index (χ4n) is 3.05. The van der Waals surface area contributed by atoms with E-state index in [1.54, 1.807) is 0 Å². The number of nitrogens with zero attached hydrogens (tertiary/aromatic N) is 2. The Hall–Kier alpha value is -1.20. The van der Waals surface area contributed by atoms with E-state index in [2.05, 4.69) is 56.1 Å². The van der Waals surface area contributed by atoms with Gasteiger partial charge in [-0.3, -0.25) is 9.69 Å². The molecule has 2 aromatic rings. The molecule has 1 aliphatic rings. The number of Topliss-reactive ketones (excluding diaryl/α,β-unsaturated/α-hetero) is 1. The second-order valence-corrected chi connectivity index (χ2v) is 7.20. The normalized spacial score (nSPS) is 15.6. The minimum atomic E-state index is 0. The lowest BCUT2D eigenvalue weighted by atomic mass is 10.1. The van der Waals surface area contributed by atoms with E-state index >= 15 is 0 Å². The third kappa shape index (κ3) is 6.23. The summed E-state index contributed by atoms with van der Waals surface area (Å²) in [5.74, 6) is 0.231. The maximum absolute atomic E-state index is 12.3. The standard InChI is InChI=1S/C20H23BrN2O.ClH/c21-19-8-6-18(7-9-19)20(24)10-11-22-12-14-23(15-13-22)16-17-4-2-1-3-5-17;/h1-9H,10-16H2;1H. The van der Waals surface area contributed by atoms with Crippen molar-refractivity contribution in [1.82, 2.24) is 9.80 Å². The third-order valence-electron chi connectivity index (χ3n) is 4.54. The van der Waals surface area contributed by atoms with Crippen LogP contribution >= 0.6 is 28.3 Å². The molecule has 2 aromatic carbocycles. The molecule has 1 saturated heterocycles. The summed E-state index contributed by atoms with van der Waals surface area (Å²) in [6, 6.07) is 18.3. The smallest absolute Gasteiger partial charge is 0.164 e. The van der Waals surface area contributed by atoms with Crippen LogP contribution in [0.3, 0.4) is 0 Å². The van der Waals surface area contributed by atoms with Crippen molar-refractivity contribution < 1.29 is 4.79 Å². The monoisotopic (exact) mass is 422 g/mol. The highest BCUT2D eigenvalue weighted by Crippen LogP contribution is 2.13. The summed E-state index contributed by atoms with van der Waals surface area (Å²) in [5.41, 5.74) is 2.18. The van der Waals surface area contributed by atoms with Crippen LogP contribution in [-0.4, -0.2) is 48.3 Å².